The van der Waals surface area contributed by atoms with Gasteiger partial charge in [-0.15, -0.1) is 0 Å². The summed E-state index contributed by atoms with van der Waals surface area (Å²) in [6, 6.07) is 17.4. The molecule has 0 aliphatic carbocycles. The van der Waals surface area contributed by atoms with Crippen LogP contribution in [0.15, 0.2) is 66.9 Å². The van der Waals surface area contributed by atoms with Crippen molar-refractivity contribution in [1.82, 2.24) is 4.98 Å². The van der Waals surface area contributed by atoms with Crippen LogP contribution in [0.1, 0.15) is 18.1 Å². The molecule has 3 rings (SSSR count). The van der Waals surface area contributed by atoms with Gasteiger partial charge in [-0.25, -0.2) is 4.79 Å². The zero-order valence-electron chi connectivity index (χ0n) is 16.2. The number of hydrogen-bond donors (Lipinski definition) is 0. The monoisotopic (exact) mass is 391 g/mol. The third kappa shape index (κ3) is 4.95. The van der Waals surface area contributed by atoms with Crippen LogP contribution in [0.25, 0.3) is 11.3 Å². The number of aryl methyl sites for hydroxylation is 1. The number of nitrogens with zero attached hydrogens (tertiary/aromatic N) is 3. The Kier molecular flexibility index (Phi) is 6.19. The van der Waals surface area contributed by atoms with Crippen molar-refractivity contribution >= 4 is 17.5 Å². The van der Waals surface area contributed by atoms with Crippen molar-refractivity contribution in [3.8, 4) is 11.3 Å². The summed E-state index contributed by atoms with van der Waals surface area (Å²) < 4.78 is 5.32. The highest BCUT2D eigenvalue weighted by Gasteiger charge is 2.14. The Morgan fingerprint density at radius 1 is 1.10 bits per heavy atom. The number of benzene rings is 2. The summed E-state index contributed by atoms with van der Waals surface area (Å²) in [6.45, 7) is 2.11. The predicted molar refractivity (Wildman–Crippen MR) is 111 cm³/mol. The van der Waals surface area contributed by atoms with E-state index in [1.807, 2.05) is 42.6 Å². The van der Waals surface area contributed by atoms with Crippen LogP contribution in [0.5, 0.6) is 0 Å². The number of non-ortho nitro benzene ring substituents is 1. The number of nitro groups is 1. The number of rotatable bonds is 6. The van der Waals surface area contributed by atoms with Gasteiger partial charge >= 0.3 is 6.09 Å². The van der Waals surface area contributed by atoms with Crippen LogP contribution in [0.3, 0.4) is 0 Å². The summed E-state index contributed by atoms with van der Waals surface area (Å²) in [5.74, 6) is 0. The van der Waals surface area contributed by atoms with Crippen LogP contribution in [-0.4, -0.2) is 23.0 Å². The summed E-state index contributed by atoms with van der Waals surface area (Å²) in [6.07, 6.45) is 2.26. The van der Waals surface area contributed by atoms with Gasteiger partial charge in [0.1, 0.15) is 6.61 Å². The Hall–Kier alpha value is -3.74. The summed E-state index contributed by atoms with van der Waals surface area (Å²) in [7, 11) is 1.63. The normalized spacial score (nSPS) is 10.4. The van der Waals surface area contributed by atoms with Crippen molar-refractivity contribution < 1.29 is 14.5 Å². The molecular formula is C22H21N3O4. The molecule has 0 spiro atoms. The summed E-state index contributed by atoms with van der Waals surface area (Å²) in [4.78, 5) is 28.5. The number of aromatic nitrogens is 1. The van der Waals surface area contributed by atoms with Gasteiger partial charge in [0, 0.05) is 36.6 Å². The van der Waals surface area contributed by atoms with Crippen LogP contribution >= 0.6 is 0 Å². The molecule has 0 aliphatic heterocycles. The third-order valence-corrected chi connectivity index (χ3v) is 4.55. The average Bonchev–Trinajstić information content (AvgIpc) is 2.77. The molecule has 0 aliphatic rings. The van der Waals surface area contributed by atoms with E-state index in [1.54, 1.807) is 19.2 Å². The van der Waals surface area contributed by atoms with Crippen molar-refractivity contribution in [2.75, 3.05) is 11.9 Å². The van der Waals surface area contributed by atoms with Gasteiger partial charge in [0.25, 0.3) is 5.69 Å². The van der Waals surface area contributed by atoms with E-state index in [0.29, 0.717) is 11.3 Å². The minimum absolute atomic E-state index is 0.00501. The largest absolute Gasteiger partial charge is 0.444 e. The van der Waals surface area contributed by atoms with E-state index in [4.69, 9.17) is 4.74 Å². The quantitative estimate of drug-likeness (QED) is 0.436. The number of ether oxygens (including phenoxy) is 1. The molecule has 1 aromatic heterocycles. The van der Waals surface area contributed by atoms with Crippen molar-refractivity contribution in [1.29, 1.82) is 0 Å². The lowest BCUT2D eigenvalue weighted by molar-refractivity contribution is -0.384. The van der Waals surface area contributed by atoms with Gasteiger partial charge in [-0.3, -0.25) is 20.0 Å². The number of hydrogen-bond acceptors (Lipinski definition) is 5. The van der Waals surface area contributed by atoms with E-state index in [2.05, 4.69) is 11.9 Å². The minimum Gasteiger partial charge on any atom is -0.444 e. The average molecular weight is 391 g/mol. The first-order valence-corrected chi connectivity index (χ1v) is 9.17. The lowest BCUT2D eigenvalue weighted by Gasteiger charge is -2.18. The highest BCUT2D eigenvalue weighted by atomic mass is 16.6. The van der Waals surface area contributed by atoms with Gasteiger partial charge < -0.3 is 4.74 Å². The van der Waals surface area contributed by atoms with Crippen LogP contribution in [0, 0.1) is 10.1 Å². The maximum absolute atomic E-state index is 12.4. The van der Waals surface area contributed by atoms with E-state index in [0.717, 1.165) is 23.2 Å². The summed E-state index contributed by atoms with van der Waals surface area (Å²) >= 11 is 0. The molecule has 0 atom stereocenters. The highest BCUT2D eigenvalue weighted by Crippen LogP contribution is 2.24. The molecular weight excluding hydrogens is 370 g/mol. The molecule has 7 heteroatoms. The SMILES string of the molecule is CCc1ccc(-c2cccc(N(C)C(=O)OCc3ccc([N+](=O)[O-])cc3)c2)nc1. The predicted octanol–water partition coefficient (Wildman–Crippen LogP) is 4.99. The second kappa shape index (κ2) is 8.97. The maximum Gasteiger partial charge on any atom is 0.414 e. The molecule has 148 valence electrons. The third-order valence-electron chi connectivity index (χ3n) is 4.55. The first-order chi connectivity index (χ1) is 14.0. The number of carbonyl (C=O) groups is 1. The van der Waals surface area contributed by atoms with E-state index >= 15 is 0 Å². The molecule has 7 nitrogen and oxygen atoms in total. The molecule has 29 heavy (non-hydrogen) atoms. The van der Waals surface area contributed by atoms with Gasteiger partial charge in [0.2, 0.25) is 0 Å². The Morgan fingerprint density at radius 2 is 1.83 bits per heavy atom. The number of amides is 1. The van der Waals surface area contributed by atoms with Crippen molar-refractivity contribution in [3.63, 3.8) is 0 Å². The van der Waals surface area contributed by atoms with Gasteiger partial charge in [-0.05, 0) is 47.9 Å². The number of nitro benzene ring substituents is 1. The first kappa shape index (κ1) is 20.0. The molecule has 0 N–H and O–H groups in total. The van der Waals surface area contributed by atoms with E-state index in [9.17, 15) is 14.9 Å². The number of carbonyl (C=O) groups excluding carboxylic acids is 1. The Labute approximate surface area is 168 Å². The fourth-order valence-electron chi connectivity index (χ4n) is 2.74. The van der Waals surface area contributed by atoms with Gasteiger partial charge in [-0.2, -0.15) is 0 Å². The molecule has 0 saturated carbocycles. The molecule has 0 unspecified atom stereocenters. The van der Waals surface area contributed by atoms with Crippen molar-refractivity contribution in [2.24, 2.45) is 0 Å². The smallest absolute Gasteiger partial charge is 0.414 e. The second-order valence-electron chi connectivity index (χ2n) is 6.49. The van der Waals surface area contributed by atoms with Gasteiger partial charge in [-0.1, -0.05) is 25.1 Å². The second-order valence-corrected chi connectivity index (χ2v) is 6.49. The lowest BCUT2D eigenvalue weighted by Crippen LogP contribution is -2.26. The van der Waals surface area contributed by atoms with Gasteiger partial charge in [0.05, 0.1) is 10.6 Å². The van der Waals surface area contributed by atoms with Crippen LogP contribution in [0.4, 0.5) is 16.2 Å². The van der Waals surface area contributed by atoms with Crippen LogP contribution in [-0.2, 0) is 17.8 Å². The van der Waals surface area contributed by atoms with E-state index in [-0.39, 0.29) is 12.3 Å². The molecule has 0 saturated heterocycles. The lowest BCUT2D eigenvalue weighted by atomic mass is 10.1. The molecule has 1 amide bonds. The standard InChI is InChI=1S/C22H21N3O4/c1-3-16-9-12-21(23-14-16)18-5-4-6-20(13-18)24(2)22(26)29-15-17-7-10-19(11-8-17)25(27)28/h4-14H,3,15H2,1-2H3. The molecule has 3 aromatic rings. The Bertz CT molecular complexity index is 1000. The molecule has 1 heterocycles. The Morgan fingerprint density at radius 3 is 2.45 bits per heavy atom. The highest BCUT2D eigenvalue weighted by molar-refractivity contribution is 5.88. The zero-order chi connectivity index (χ0) is 20.8. The number of pyridine rings is 1. The first-order valence-electron chi connectivity index (χ1n) is 9.17. The molecule has 0 radical (unpaired) electrons. The molecule has 2 aromatic carbocycles. The van der Waals surface area contributed by atoms with Crippen molar-refractivity contribution in [3.05, 3.63) is 88.1 Å². The summed E-state index contributed by atoms with van der Waals surface area (Å²) in [5, 5.41) is 10.7. The fraction of sp³-hybridized carbons (Fsp3) is 0.182. The van der Waals surface area contributed by atoms with Gasteiger partial charge in [0.15, 0.2) is 0 Å². The van der Waals surface area contributed by atoms with E-state index < -0.39 is 11.0 Å². The Balaban J connectivity index is 1.66. The maximum atomic E-state index is 12.4. The molecule has 0 bridgehead atoms. The van der Waals surface area contributed by atoms with Crippen LogP contribution < -0.4 is 4.90 Å². The summed E-state index contributed by atoms with van der Waals surface area (Å²) in [5.41, 5.74) is 4.24. The fourth-order valence-corrected chi connectivity index (χ4v) is 2.74. The zero-order valence-corrected chi connectivity index (χ0v) is 16.2. The van der Waals surface area contributed by atoms with Crippen molar-refractivity contribution in [2.45, 2.75) is 20.0 Å². The topological polar surface area (TPSA) is 85.6 Å². The van der Waals surface area contributed by atoms with Crippen LogP contribution in [0.2, 0.25) is 0 Å². The molecule has 0 fully saturated rings. The number of anilines is 1. The van der Waals surface area contributed by atoms with E-state index in [1.165, 1.54) is 17.0 Å². The minimum atomic E-state index is -0.519.